The summed E-state index contributed by atoms with van der Waals surface area (Å²) in [6.07, 6.45) is 9.75. The van der Waals surface area contributed by atoms with Crippen LogP contribution >= 0.6 is 0 Å². The Balaban J connectivity index is 1.51. The van der Waals surface area contributed by atoms with Crippen molar-refractivity contribution in [3.63, 3.8) is 0 Å². The van der Waals surface area contributed by atoms with Crippen LogP contribution in [0.1, 0.15) is 30.7 Å². The Bertz CT molecular complexity index is 770. The van der Waals surface area contributed by atoms with Gasteiger partial charge in [-0.15, -0.1) is 0 Å². The van der Waals surface area contributed by atoms with Crippen LogP contribution in [0.4, 0.5) is 0 Å². The minimum Gasteiger partial charge on any atom is -0.454 e. The summed E-state index contributed by atoms with van der Waals surface area (Å²) in [5.74, 6) is 2.12. The molecule has 1 saturated carbocycles. The third-order valence-electron chi connectivity index (χ3n) is 5.46. The monoisotopic (exact) mass is 353 g/mol. The molecule has 2 fully saturated rings. The molecule has 1 amide bonds. The van der Waals surface area contributed by atoms with Gasteiger partial charge >= 0.3 is 0 Å². The van der Waals surface area contributed by atoms with Crippen molar-refractivity contribution in [1.29, 1.82) is 0 Å². The number of carbonyl (C=O) groups is 1. The molecule has 7 nitrogen and oxygen atoms in total. The molecule has 7 heteroatoms. The molecule has 1 aliphatic heterocycles. The Morgan fingerprint density at radius 1 is 1.19 bits per heavy atom. The number of amides is 1. The molecule has 4 rings (SSSR count). The van der Waals surface area contributed by atoms with E-state index in [0.29, 0.717) is 24.0 Å². The molecule has 2 aromatic rings. The molecule has 4 atom stereocenters. The summed E-state index contributed by atoms with van der Waals surface area (Å²) in [4.78, 5) is 20.5. The highest BCUT2D eigenvalue weighted by Crippen LogP contribution is 2.42. The molecule has 0 bridgehead atoms. The van der Waals surface area contributed by atoms with E-state index in [9.17, 15) is 4.79 Å². The van der Waals surface area contributed by atoms with Crippen molar-refractivity contribution < 1.29 is 9.53 Å². The molecule has 4 unspecified atom stereocenters. The van der Waals surface area contributed by atoms with Gasteiger partial charge in [0.1, 0.15) is 11.5 Å². The summed E-state index contributed by atoms with van der Waals surface area (Å²) in [6, 6.07) is 5.85. The lowest BCUT2D eigenvalue weighted by atomic mass is 9.68. The summed E-state index contributed by atoms with van der Waals surface area (Å²) in [5, 5.41) is 0. The number of nitrogens with two attached hydrogens (primary N) is 1. The zero-order valence-corrected chi connectivity index (χ0v) is 14.5. The van der Waals surface area contributed by atoms with Gasteiger partial charge in [0.15, 0.2) is 0 Å². The average molecular weight is 353 g/mol. The Morgan fingerprint density at radius 3 is 2.88 bits per heavy atom. The predicted octanol–water partition coefficient (Wildman–Crippen LogP) is 1.73. The highest BCUT2D eigenvalue weighted by Gasteiger charge is 2.42. The van der Waals surface area contributed by atoms with Gasteiger partial charge in [0, 0.05) is 30.9 Å². The fraction of sp³-hybridized carbons (Fsp3) is 0.421. The lowest BCUT2D eigenvalue weighted by Crippen LogP contribution is -2.62. The first kappa shape index (κ1) is 16.9. The molecular weight excluding hydrogens is 330 g/mol. The van der Waals surface area contributed by atoms with E-state index < -0.39 is 0 Å². The molecule has 136 valence electrons. The van der Waals surface area contributed by atoms with E-state index in [1.54, 1.807) is 18.6 Å². The van der Waals surface area contributed by atoms with Gasteiger partial charge in [-0.3, -0.25) is 20.2 Å². The van der Waals surface area contributed by atoms with Gasteiger partial charge in [0.2, 0.25) is 5.91 Å². The molecule has 0 spiro atoms. The molecule has 2 aromatic heterocycles. The topological polar surface area (TPSA) is 102 Å². The van der Waals surface area contributed by atoms with Crippen molar-refractivity contribution in [2.75, 3.05) is 6.54 Å². The first-order valence-corrected chi connectivity index (χ1v) is 9.03. The maximum absolute atomic E-state index is 12.1. The molecule has 1 saturated heterocycles. The molecule has 2 aliphatic rings. The number of aromatic nitrogens is 2. The lowest BCUT2D eigenvalue weighted by molar-refractivity contribution is -0.133. The number of ether oxygens (including phenoxy) is 1. The predicted molar refractivity (Wildman–Crippen MR) is 96.2 cm³/mol. The second-order valence-electron chi connectivity index (χ2n) is 7.00. The van der Waals surface area contributed by atoms with Crippen LogP contribution in [0.25, 0.3) is 0 Å². The zero-order valence-electron chi connectivity index (χ0n) is 14.5. The van der Waals surface area contributed by atoms with E-state index in [2.05, 4.69) is 20.8 Å². The third kappa shape index (κ3) is 3.40. The summed E-state index contributed by atoms with van der Waals surface area (Å²) in [6.45, 7) is 0.510. The number of hydrogen-bond acceptors (Lipinski definition) is 6. The van der Waals surface area contributed by atoms with Crippen LogP contribution < -0.4 is 21.3 Å². The van der Waals surface area contributed by atoms with Crippen LogP contribution in [0.5, 0.6) is 11.5 Å². The smallest absolute Gasteiger partial charge is 0.237 e. The fourth-order valence-electron chi connectivity index (χ4n) is 4.13. The van der Waals surface area contributed by atoms with Crippen molar-refractivity contribution in [1.82, 2.24) is 20.8 Å². The lowest BCUT2D eigenvalue weighted by Gasteiger charge is -2.43. The van der Waals surface area contributed by atoms with E-state index in [1.165, 1.54) is 0 Å². The maximum Gasteiger partial charge on any atom is 0.237 e. The van der Waals surface area contributed by atoms with Crippen molar-refractivity contribution in [2.45, 2.75) is 31.2 Å². The molecule has 1 aliphatic carbocycles. The van der Waals surface area contributed by atoms with Gasteiger partial charge in [-0.1, -0.05) is 0 Å². The summed E-state index contributed by atoms with van der Waals surface area (Å²) < 4.78 is 5.85. The average Bonchev–Trinajstić information content (AvgIpc) is 2.69. The summed E-state index contributed by atoms with van der Waals surface area (Å²) in [7, 11) is 0. The first-order chi connectivity index (χ1) is 12.7. The van der Waals surface area contributed by atoms with E-state index in [0.717, 1.165) is 24.8 Å². The normalized spacial score (nSPS) is 28.1. The van der Waals surface area contributed by atoms with E-state index in [1.807, 2.05) is 24.4 Å². The third-order valence-corrected chi connectivity index (χ3v) is 5.46. The molecule has 0 aromatic carbocycles. The Labute approximate surface area is 152 Å². The first-order valence-electron chi connectivity index (χ1n) is 9.03. The largest absolute Gasteiger partial charge is 0.454 e. The van der Waals surface area contributed by atoms with Gasteiger partial charge < -0.3 is 10.5 Å². The number of pyridine rings is 2. The molecule has 3 heterocycles. The van der Waals surface area contributed by atoms with Gasteiger partial charge in [-0.05, 0) is 54.9 Å². The molecular formula is C19H23N5O2. The number of hydrazine groups is 1. The highest BCUT2D eigenvalue weighted by atomic mass is 16.5. The van der Waals surface area contributed by atoms with E-state index in [4.69, 9.17) is 10.5 Å². The van der Waals surface area contributed by atoms with Crippen molar-refractivity contribution in [3.8, 4) is 11.5 Å². The summed E-state index contributed by atoms with van der Waals surface area (Å²) >= 11 is 0. The number of nitrogens with one attached hydrogen (secondary N) is 2. The van der Waals surface area contributed by atoms with Crippen LogP contribution in [0.2, 0.25) is 0 Å². The van der Waals surface area contributed by atoms with Gasteiger partial charge in [-0.25, -0.2) is 5.43 Å². The number of carbonyl (C=O) groups excluding carboxylic acids is 1. The Hall–Kier alpha value is -2.51. The van der Waals surface area contributed by atoms with Gasteiger partial charge in [0.25, 0.3) is 0 Å². The van der Waals surface area contributed by atoms with Crippen molar-refractivity contribution in [2.24, 2.45) is 17.6 Å². The SMILES string of the molecule is NCC1NNC(=O)C2CCC(c3cncc(Oc4cccnc4)c3)CC12. The second-order valence-corrected chi connectivity index (χ2v) is 7.00. The van der Waals surface area contributed by atoms with Crippen LogP contribution in [-0.4, -0.2) is 28.5 Å². The quantitative estimate of drug-likeness (QED) is 0.774. The fourth-order valence-corrected chi connectivity index (χ4v) is 4.13. The minimum absolute atomic E-state index is 0.0452. The minimum atomic E-state index is 0.0452. The maximum atomic E-state index is 12.1. The molecule has 26 heavy (non-hydrogen) atoms. The molecule has 4 N–H and O–H groups in total. The zero-order chi connectivity index (χ0) is 17.9. The second kappa shape index (κ2) is 7.39. The van der Waals surface area contributed by atoms with Crippen molar-refractivity contribution >= 4 is 5.91 Å². The van der Waals surface area contributed by atoms with Crippen LogP contribution in [0.15, 0.2) is 43.0 Å². The van der Waals surface area contributed by atoms with Crippen molar-refractivity contribution in [3.05, 3.63) is 48.5 Å². The van der Waals surface area contributed by atoms with Crippen LogP contribution in [-0.2, 0) is 4.79 Å². The van der Waals surface area contributed by atoms with Crippen LogP contribution in [0, 0.1) is 11.8 Å². The van der Waals surface area contributed by atoms with E-state index in [-0.39, 0.29) is 23.8 Å². The Kier molecular flexibility index (Phi) is 4.81. The number of rotatable bonds is 4. The number of hydrogen-bond donors (Lipinski definition) is 3. The van der Waals surface area contributed by atoms with Gasteiger partial charge in [0.05, 0.1) is 12.4 Å². The number of fused-ring (bicyclic) bond motifs is 1. The Morgan fingerprint density at radius 2 is 2.08 bits per heavy atom. The highest BCUT2D eigenvalue weighted by molar-refractivity contribution is 5.79. The van der Waals surface area contributed by atoms with Crippen LogP contribution in [0.3, 0.4) is 0 Å². The molecule has 0 radical (unpaired) electrons. The summed E-state index contributed by atoms with van der Waals surface area (Å²) in [5.41, 5.74) is 12.9. The number of nitrogens with zero attached hydrogens (tertiary/aromatic N) is 2. The standard InChI is InChI=1S/C19H23N5O2/c20-8-18-17-7-12(3-4-16(17)19(25)24-23-18)13-6-15(11-22-9-13)26-14-2-1-5-21-10-14/h1-2,5-6,9-12,16-18,23H,3-4,7-8,20H2,(H,24,25). The van der Waals surface area contributed by atoms with E-state index >= 15 is 0 Å². The van der Waals surface area contributed by atoms with Gasteiger partial charge in [-0.2, -0.15) is 0 Å².